The zero-order chi connectivity index (χ0) is 13.5. The molecule has 108 valence electrons. The molecule has 2 unspecified atom stereocenters. The lowest BCUT2D eigenvalue weighted by atomic mass is 9.88. The standard InChI is InChI=1S/C14H20N4O2/c19-12-4-2-1-3-10(12)14-15-13(16-20-14)11-9-17-5-7-18(11)8-6-17/h10-11H,1-9H2. The van der Waals surface area contributed by atoms with Crippen molar-refractivity contribution in [2.45, 2.75) is 37.6 Å². The molecule has 4 fully saturated rings. The summed E-state index contributed by atoms with van der Waals surface area (Å²) in [5.41, 5.74) is 0. The number of rotatable bonds is 2. The number of fused-ring (bicyclic) bond motifs is 3. The van der Waals surface area contributed by atoms with Gasteiger partial charge in [-0.3, -0.25) is 14.6 Å². The molecule has 0 spiro atoms. The zero-order valence-corrected chi connectivity index (χ0v) is 11.6. The predicted molar refractivity (Wildman–Crippen MR) is 71.3 cm³/mol. The Hall–Kier alpha value is -1.27. The van der Waals surface area contributed by atoms with E-state index in [1.54, 1.807) is 0 Å². The maximum atomic E-state index is 12.0. The molecule has 0 N–H and O–H groups in total. The van der Waals surface area contributed by atoms with Gasteiger partial charge in [0.1, 0.15) is 5.78 Å². The van der Waals surface area contributed by atoms with Gasteiger partial charge in [-0.1, -0.05) is 11.6 Å². The van der Waals surface area contributed by atoms with Crippen LogP contribution < -0.4 is 0 Å². The van der Waals surface area contributed by atoms with Gasteiger partial charge in [0.25, 0.3) is 0 Å². The average Bonchev–Trinajstić information content (AvgIpc) is 2.98. The van der Waals surface area contributed by atoms with Crippen LogP contribution in [0.4, 0.5) is 0 Å². The summed E-state index contributed by atoms with van der Waals surface area (Å²) >= 11 is 0. The molecule has 2 bridgehead atoms. The lowest BCUT2D eigenvalue weighted by Crippen LogP contribution is -2.57. The fraction of sp³-hybridized carbons (Fsp3) is 0.786. The molecule has 2 atom stereocenters. The van der Waals surface area contributed by atoms with Gasteiger partial charge in [0.2, 0.25) is 5.89 Å². The number of piperazine rings is 3. The van der Waals surface area contributed by atoms with Crippen molar-refractivity contribution in [3.8, 4) is 0 Å². The molecule has 20 heavy (non-hydrogen) atoms. The van der Waals surface area contributed by atoms with E-state index in [2.05, 4.69) is 19.9 Å². The summed E-state index contributed by atoms with van der Waals surface area (Å²) < 4.78 is 5.41. The average molecular weight is 276 g/mol. The molecule has 3 aliphatic heterocycles. The molecular weight excluding hydrogens is 256 g/mol. The summed E-state index contributed by atoms with van der Waals surface area (Å²) in [4.78, 5) is 21.4. The summed E-state index contributed by atoms with van der Waals surface area (Å²) in [6.45, 7) is 5.43. The lowest BCUT2D eigenvalue weighted by Gasteiger charge is -2.46. The van der Waals surface area contributed by atoms with Crippen molar-refractivity contribution >= 4 is 5.78 Å². The van der Waals surface area contributed by atoms with Crippen molar-refractivity contribution in [2.75, 3.05) is 32.7 Å². The topological polar surface area (TPSA) is 62.5 Å². The molecule has 0 aromatic carbocycles. The molecule has 3 saturated heterocycles. The van der Waals surface area contributed by atoms with Gasteiger partial charge in [0.05, 0.1) is 12.0 Å². The third-order valence-corrected chi connectivity index (χ3v) is 4.89. The van der Waals surface area contributed by atoms with Gasteiger partial charge in [-0.05, 0) is 12.8 Å². The zero-order valence-electron chi connectivity index (χ0n) is 11.6. The first-order chi connectivity index (χ1) is 9.81. The maximum absolute atomic E-state index is 12.0. The molecule has 4 aliphatic rings. The summed E-state index contributed by atoms with van der Waals surface area (Å²) in [5.74, 6) is 1.42. The predicted octanol–water partition coefficient (Wildman–Crippen LogP) is 0.969. The molecule has 6 heteroatoms. The number of carbonyl (C=O) groups excluding carboxylic acids is 1. The van der Waals surface area contributed by atoms with Crippen molar-refractivity contribution in [3.05, 3.63) is 11.7 Å². The van der Waals surface area contributed by atoms with Crippen LogP contribution in [0, 0.1) is 0 Å². The van der Waals surface area contributed by atoms with Gasteiger partial charge in [0.15, 0.2) is 5.82 Å². The molecule has 5 rings (SSSR count). The Labute approximate surface area is 118 Å². The smallest absolute Gasteiger partial charge is 0.237 e. The van der Waals surface area contributed by atoms with Crippen LogP contribution in [0.2, 0.25) is 0 Å². The van der Waals surface area contributed by atoms with Crippen LogP contribution in [0.3, 0.4) is 0 Å². The second-order valence-electron chi connectivity index (χ2n) is 6.11. The van der Waals surface area contributed by atoms with E-state index in [0.717, 1.165) is 57.8 Å². The van der Waals surface area contributed by atoms with Crippen molar-refractivity contribution in [1.29, 1.82) is 0 Å². The number of hydrogen-bond donors (Lipinski definition) is 0. The van der Waals surface area contributed by atoms with E-state index in [0.29, 0.717) is 12.3 Å². The minimum absolute atomic E-state index is 0.152. The summed E-state index contributed by atoms with van der Waals surface area (Å²) in [6.07, 6.45) is 3.60. The highest BCUT2D eigenvalue weighted by atomic mass is 16.5. The van der Waals surface area contributed by atoms with E-state index >= 15 is 0 Å². The Morgan fingerprint density at radius 2 is 2.00 bits per heavy atom. The number of aromatic nitrogens is 2. The normalized spacial score (nSPS) is 37.3. The Kier molecular flexibility index (Phi) is 3.07. The van der Waals surface area contributed by atoms with Crippen molar-refractivity contribution in [3.63, 3.8) is 0 Å². The van der Waals surface area contributed by atoms with Gasteiger partial charge in [-0.15, -0.1) is 0 Å². The van der Waals surface area contributed by atoms with Crippen molar-refractivity contribution in [1.82, 2.24) is 19.9 Å². The van der Waals surface area contributed by atoms with E-state index in [-0.39, 0.29) is 17.7 Å². The number of Topliss-reactive ketones (excluding diaryl/α,β-unsaturated/α-hetero) is 1. The second-order valence-corrected chi connectivity index (χ2v) is 6.11. The molecular formula is C14H20N4O2. The van der Waals surface area contributed by atoms with Crippen LogP contribution in [0.15, 0.2) is 4.52 Å². The minimum atomic E-state index is -0.152. The van der Waals surface area contributed by atoms with Crippen molar-refractivity contribution < 1.29 is 9.32 Å². The molecule has 4 heterocycles. The Bertz CT molecular complexity index is 507. The van der Waals surface area contributed by atoms with E-state index in [9.17, 15) is 4.79 Å². The summed E-state index contributed by atoms with van der Waals surface area (Å²) in [7, 11) is 0. The van der Waals surface area contributed by atoms with Crippen LogP contribution in [-0.4, -0.2) is 58.4 Å². The molecule has 1 aromatic rings. The molecule has 1 aromatic heterocycles. The summed E-state index contributed by atoms with van der Waals surface area (Å²) in [6, 6.07) is 0.244. The maximum Gasteiger partial charge on any atom is 0.237 e. The van der Waals surface area contributed by atoms with Gasteiger partial charge < -0.3 is 4.52 Å². The van der Waals surface area contributed by atoms with Crippen molar-refractivity contribution in [2.24, 2.45) is 0 Å². The minimum Gasteiger partial charge on any atom is -0.338 e. The van der Waals surface area contributed by atoms with Crippen LogP contribution in [0.25, 0.3) is 0 Å². The van der Waals surface area contributed by atoms with Crippen LogP contribution in [0.5, 0.6) is 0 Å². The lowest BCUT2D eigenvalue weighted by molar-refractivity contribution is -0.122. The number of ketones is 1. The monoisotopic (exact) mass is 276 g/mol. The highest BCUT2D eigenvalue weighted by Crippen LogP contribution is 2.31. The second kappa shape index (κ2) is 4.93. The number of hydrogen-bond acceptors (Lipinski definition) is 6. The first-order valence-corrected chi connectivity index (χ1v) is 7.64. The van der Waals surface area contributed by atoms with Crippen LogP contribution in [0.1, 0.15) is 49.4 Å². The van der Waals surface area contributed by atoms with Crippen LogP contribution >= 0.6 is 0 Å². The largest absolute Gasteiger partial charge is 0.338 e. The van der Waals surface area contributed by atoms with Gasteiger partial charge in [-0.25, -0.2) is 0 Å². The first kappa shape index (κ1) is 12.5. The number of nitrogens with zero attached hydrogens (tertiary/aromatic N) is 4. The van der Waals surface area contributed by atoms with Gasteiger partial charge in [0, 0.05) is 39.1 Å². The molecule has 1 saturated carbocycles. The molecule has 6 nitrogen and oxygen atoms in total. The first-order valence-electron chi connectivity index (χ1n) is 7.64. The van der Waals surface area contributed by atoms with Gasteiger partial charge in [-0.2, -0.15) is 4.98 Å². The van der Waals surface area contributed by atoms with Gasteiger partial charge >= 0.3 is 0 Å². The molecule has 1 aliphatic carbocycles. The fourth-order valence-electron chi connectivity index (χ4n) is 3.63. The SMILES string of the molecule is O=C1CCCCC1c1nc(C2CN3CCN2CC3)no1. The Balaban J connectivity index is 1.54. The highest BCUT2D eigenvalue weighted by Gasteiger charge is 2.37. The quantitative estimate of drug-likeness (QED) is 0.802. The summed E-state index contributed by atoms with van der Waals surface area (Å²) in [5, 5.41) is 4.16. The van der Waals surface area contributed by atoms with E-state index in [1.165, 1.54) is 0 Å². The highest BCUT2D eigenvalue weighted by molar-refractivity contribution is 5.85. The molecule has 0 radical (unpaired) electrons. The fourth-order valence-corrected chi connectivity index (χ4v) is 3.63. The van der Waals surface area contributed by atoms with E-state index in [1.807, 2.05) is 0 Å². The van der Waals surface area contributed by atoms with E-state index < -0.39 is 0 Å². The third kappa shape index (κ3) is 2.07. The Morgan fingerprint density at radius 3 is 2.70 bits per heavy atom. The van der Waals surface area contributed by atoms with E-state index in [4.69, 9.17) is 4.52 Å². The molecule has 0 amide bonds. The third-order valence-electron chi connectivity index (χ3n) is 4.89. The Morgan fingerprint density at radius 1 is 1.15 bits per heavy atom. The van der Waals surface area contributed by atoms with Crippen LogP contribution in [-0.2, 0) is 4.79 Å². The number of carbonyl (C=O) groups is 1.